The summed E-state index contributed by atoms with van der Waals surface area (Å²) in [6.07, 6.45) is -0.479. The molecule has 1 rings (SSSR count). The molecular formula is C11H14F2O. The molecule has 0 radical (unpaired) electrons. The minimum atomic E-state index is -0.863. The molecule has 1 atom stereocenters. The van der Waals surface area contributed by atoms with Gasteiger partial charge in [-0.25, -0.2) is 8.78 Å². The maximum Gasteiger partial charge on any atom is 0.162 e. The molecule has 1 aromatic carbocycles. The molecular weight excluding hydrogens is 186 g/mol. The highest BCUT2D eigenvalue weighted by Crippen LogP contribution is 2.15. The second-order valence-corrected chi connectivity index (χ2v) is 3.73. The fraction of sp³-hybridized carbons (Fsp3) is 0.455. The van der Waals surface area contributed by atoms with E-state index in [0.717, 1.165) is 6.07 Å². The lowest BCUT2D eigenvalue weighted by atomic mass is 9.99. The van der Waals surface area contributed by atoms with Crippen molar-refractivity contribution in [1.29, 1.82) is 0 Å². The highest BCUT2D eigenvalue weighted by Gasteiger charge is 2.14. The van der Waals surface area contributed by atoms with Crippen molar-refractivity contribution in [2.45, 2.75) is 26.4 Å². The predicted octanol–water partition coefficient (Wildman–Crippen LogP) is 2.52. The Morgan fingerprint density at radius 1 is 1.29 bits per heavy atom. The molecule has 1 unspecified atom stereocenters. The lowest BCUT2D eigenvalue weighted by molar-refractivity contribution is 0.124. The topological polar surface area (TPSA) is 20.2 Å². The quantitative estimate of drug-likeness (QED) is 0.794. The number of halogens is 2. The van der Waals surface area contributed by atoms with Crippen LogP contribution < -0.4 is 0 Å². The van der Waals surface area contributed by atoms with Crippen LogP contribution in [-0.2, 0) is 6.42 Å². The Morgan fingerprint density at radius 3 is 2.50 bits per heavy atom. The average Bonchev–Trinajstić information content (AvgIpc) is 2.12. The molecule has 0 saturated heterocycles. The fourth-order valence-electron chi connectivity index (χ4n) is 1.17. The fourth-order valence-corrected chi connectivity index (χ4v) is 1.17. The van der Waals surface area contributed by atoms with Gasteiger partial charge in [-0.15, -0.1) is 0 Å². The van der Waals surface area contributed by atoms with Crippen molar-refractivity contribution in [2.24, 2.45) is 5.92 Å². The second-order valence-electron chi connectivity index (χ2n) is 3.73. The van der Waals surface area contributed by atoms with Crippen LogP contribution in [0.4, 0.5) is 8.78 Å². The molecule has 0 fully saturated rings. The standard InChI is InChI=1S/C11H14F2O/c1-7(2)10(14)6-8-4-3-5-9(12)11(8)13/h3-5,7,10,14H,6H2,1-2H3. The maximum atomic E-state index is 13.1. The molecule has 3 heteroatoms. The molecule has 0 heterocycles. The van der Waals surface area contributed by atoms with Crippen molar-refractivity contribution in [3.63, 3.8) is 0 Å². The summed E-state index contributed by atoms with van der Waals surface area (Å²) in [4.78, 5) is 0. The molecule has 78 valence electrons. The summed E-state index contributed by atoms with van der Waals surface area (Å²) in [5.41, 5.74) is 0.228. The van der Waals surface area contributed by atoms with E-state index in [0.29, 0.717) is 0 Å². The molecule has 0 aliphatic carbocycles. The smallest absolute Gasteiger partial charge is 0.162 e. The first-order valence-electron chi connectivity index (χ1n) is 4.63. The van der Waals surface area contributed by atoms with E-state index < -0.39 is 17.7 Å². The first-order chi connectivity index (χ1) is 6.52. The molecule has 0 aliphatic heterocycles. The Balaban J connectivity index is 2.82. The van der Waals surface area contributed by atoms with Gasteiger partial charge in [0.2, 0.25) is 0 Å². The highest BCUT2D eigenvalue weighted by atomic mass is 19.2. The summed E-state index contributed by atoms with van der Waals surface area (Å²) in [6.45, 7) is 3.67. The monoisotopic (exact) mass is 200 g/mol. The Bertz CT molecular complexity index is 310. The van der Waals surface area contributed by atoms with Crippen LogP contribution in [0.2, 0.25) is 0 Å². The molecule has 0 aliphatic rings. The van der Waals surface area contributed by atoms with Gasteiger partial charge >= 0.3 is 0 Å². The Labute approximate surface area is 82.4 Å². The number of aliphatic hydroxyl groups excluding tert-OH is 1. The average molecular weight is 200 g/mol. The minimum absolute atomic E-state index is 0.0395. The van der Waals surface area contributed by atoms with Crippen LogP contribution in [0.15, 0.2) is 18.2 Å². The first kappa shape index (κ1) is 11.1. The zero-order chi connectivity index (χ0) is 10.7. The lowest BCUT2D eigenvalue weighted by Crippen LogP contribution is -2.18. The van der Waals surface area contributed by atoms with Gasteiger partial charge < -0.3 is 5.11 Å². The number of hydrogen-bond donors (Lipinski definition) is 1. The van der Waals surface area contributed by atoms with Crippen LogP contribution in [0.25, 0.3) is 0 Å². The van der Waals surface area contributed by atoms with Crippen molar-refractivity contribution in [3.8, 4) is 0 Å². The Morgan fingerprint density at radius 2 is 1.93 bits per heavy atom. The Kier molecular flexibility index (Phi) is 3.58. The van der Waals surface area contributed by atoms with Crippen LogP contribution in [0, 0.1) is 17.6 Å². The second kappa shape index (κ2) is 4.51. The van der Waals surface area contributed by atoms with Gasteiger partial charge in [-0.05, 0) is 17.5 Å². The maximum absolute atomic E-state index is 13.1. The lowest BCUT2D eigenvalue weighted by Gasteiger charge is -2.14. The van der Waals surface area contributed by atoms with E-state index in [-0.39, 0.29) is 17.9 Å². The van der Waals surface area contributed by atoms with Crippen LogP contribution >= 0.6 is 0 Å². The molecule has 1 N–H and O–H groups in total. The van der Waals surface area contributed by atoms with Crippen LogP contribution in [0.1, 0.15) is 19.4 Å². The first-order valence-corrected chi connectivity index (χ1v) is 4.63. The summed E-state index contributed by atoms with van der Waals surface area (Å²) >= 11 is 0. The summed E-state index contributed by atoms with van der Waals surface area (Å²) < 4.78 is 25.9. The van der Waals surface area contributed by atoms with Gasteiger partial charge in [-0.2, -0.15) is 0 Å². The van der Waals surface area contributed by atoms with Crippen molar-refractivity contribution in [2.75, 3.05) is 0 Å². The SMILES string of the molecule is CC(C)C(O)Cc1cccc(F)c1F. The van der Waals surface area contributed by atoms with E-state index in [1.807, 2.05) is 13.8 Å². The van der Waals surface area contributed by atoms with Crippen LogP contribution in [0.3, 0.4) is 0 Å². The zero-order valence-electron chi connectivity index (χ0n) is 8.30. The van der Waals surface area contributed by atoms with E-state index in [4.69, 9.17) is 0 Å². The van der Waals surface area contributed by atoms with Crippen molar-refractivity contribution in [1.82, 2.24) is 0 Å². The minimum Gasteiger partial charge on any atom is -0.393 e. The molecule has 0 bridgehead atoms. The van der Waals surface area contributed by atoms with Gasteiger partial charge in [0.1, 0.15) is 0 Å². The third-order valence-electron chi connectivity index (χ3n) is 2.23. The Hall–Kier alpha value is -0.960. The third-order valence-corrected chi connectivity index (χ3v) is 2.23. The molecule has 1 aromatic rings. The number of benzene rings is 1. The van der Waals surface area contributed by atoms with Gasteiger partial charge in [0.25, 0.3) is 0 Å². The van der Waals surface area contributed by atoms with Crippen molar-refractivity contribution < 1.29 is 13.9 Å². The van der Waals surface area contributed by atoms with E-state index >= 15 is 0 Å². The summed E-state index contributed by atoms with van der Waals surface area (Å²) in [7, 11) is 0. The number of hydrogen-bond acceptors (Lipinski definition) is 1. The van der Waals surface area contributed by atoms with E-state index in [1.165, 1.54) is 12.1 Å². The van der Waals surface area contributed by atoms with Gasteiger partial charge in [0.15, 0.2) is 11.6 Å². The molecule has 1 nitrogen and oxygen atoms in total. The highest BCUT2D eigenvalue weighted by molar-refractivity contribution is 5.19. The van der Waals surface area contributed by atoms with Crippen LogP contribution in [0.5, 0.6) is 0 Å². The summed E-state index contributed by atoms with van der Waals surface area (Å²) in [5, 5.41) is 9.51. The molecule has 0 saturated carbocycles. The molecule has 0 spiro atoms. The molecule has 0 aromatic heterocycles. The third kappa shape index (κ3) is 2.51. The summed E-state index contributed by atoms with van der Waals surface area (Å²) in [5.74, 6) is -1.68. The van der Waals surface area contributed by atoms with Gasteiger partial charge in [0.05, 0.1) is 6.10 Å². The van der Waals surface area contributed by atoms with Crippen LogP contribution in [-0.4, -0.2) is 11.2 Å². The van der Waals surface area contributed by atoms with Gasteiger partial charge in [0, 0.05) is 6.42 Å². The number of aliphatic hydroxyl groups is 1. The number of rotatable bonds is 3. The van der Waals surface area contributed by atoms with E-state index in [1.54, 1.807) is 0 Å². The van der Waals surface area contributed by atoms with Gasteiger partial charge in [-0.3, -0.25) is 0 Å². The largest absolute Gasteiger partial charge is 0.393 e. The molecule has 14 heavy (non-hydrogen) atoms. The predicted molar refractivity (Wildman–Crippen MR) is 50.9 cm³/mol. The molecule has 0 amide bonds. The summed E-state index contributed by atoms with van der Waals surface area (Å²) in [6, 6.07) is 4.01. The van der Waals surface area contributed by atoms with Crippen molar-refractivity contribution >= 4 is 0 Å². The zero-order valence-corrected chi connectivity index (χ0v) is 8.30. The van der Waals surface area contributed by atoms with Crippen molar-refractivity contribution in [3.05, 3.63) is 35.4 Å². The normalized spacial score (nSPS) is 13.3. The van der Waals surface area contributed by atoms with Gasteiger partial charge in [-0.1, -0.05) is 26.0 Å². The van der Waals surface area contributed by atoms with E-state index in [9.17, 15) is 13.9 Å². The van der Waals surface area contributed by atoms with E-state index in [2.05, 4.69) is 0 Å².